The molecule has 0 radical (unpaired) electrons. The number of hydrogen-bond donors (Lipinski definition) is 0. The fourth-order valence-electron chi connectivity index (χ4n) is 4.59. The molecule has 2 saturated heterocycles. The summed E-state index contributed by atoms with van der Waals surface area (Å²) in [5.74, 6) is 0.928. The molecule has 0 bridgehead atoms. The van der Waals surface area contributed by atoms with Crippen LogP contribution in [0.2, 0.25) is 5.02 Å². The van der Waals surface area contributed by atoms with Gasteiger partial charge >= 0.3 is 0 Å². The number of fused-ring (bicyclic) bond motifs is 2. The van der Waals surface area contributed by atoms with Crippen LogP contribution < -0.4 is 4.90 Å². The number of nitrogens with zero attached hydrogens (tertiary/aromatic N) is 7. The zero-order chi connectivity index (χ0) is 21.8. The van der Waals surface area contributed by atoms with E-state index in [1.807, 2.05) is 30.0 Å². The van der Waals surface area contributed by atoms with Crippen molar-refractivity contribution in [1.82, 2.24) is 29.9 Å². The lowest BCUT2D eigenvalue weighted by atomic mass is 9.82. The highest BCUT2D eigenvalue weighted by Gasteiger charge is 2.46. The van der Waals surface area contributed by atoms with Gasteiger partial charge in [-0.15, -0.1) is 5.10 Å². The topological polar surface area (TPSA) is 93.2 Å². The summed E-state index contributed by atoms with van der Waals surface area (Å²) < 4.78 is 7.49. The Hall–Kier alpha value is -3.46. The summed E-state index contributed by atoms with van der Waals surface area (Å²) in [6, 6.07) is 9.76. The molecule has 32 heavy (non-hydrogen) atoms. The predicted octanol–water partition coefficient (Wildman–Crippen LogP) is 3.12. The molecule has 10 heteroatoms. The van der Waals surface area contributed by atoms with E-state index in [-0.39, 0.29) is 11.9 Å². The van der Waals surface area contributed by atoms with E-state index in [4.69, 9.17) is 16.0 Å². The maximum atomic E-state index is 13.5. The number of halogens is 1. The Morgan fingerprint density at radius 2 is 2.09 bits per heavy atom. The highest BCUT2D eigenvalue weighted by molar-refractivity contribution is 6.31. The highest BCUT2D eigenvalue weighted by Crippen LogP contribution is 2.36. The third-order valence-electron chi connectivity index (χ3n) is 6.31. The van der Waals surface area contributed by atoms with E-state index >= 15 is 0 Å². The molecule has 0 aliphatic carbocycles. The smallest absolute Gasteiger partial charge is 0.298 e. The van der Waals surface area contributed by atoms with E-state index in [1.165, 1.54) is 4.68 Å². The van der Waals surface area contributed by atoms with E-state index in [2.05, 4.69) is 25.2 Å². The third-order valence-corrected chi connectivity index (χ3v) is 6.54. The summed E-state index contributed by atoms with van der Waals surface area (Å²) in [6.45, 7) is 4.15. The largest absolute Gasteiger partial charge is 0.423 e. The minimum Gasteiger partial charge on any atom is -0.423 e. The first-order valence-corrected chi connectivity index (χ1v) is 10.9. The van der Waals surface area contributed by atoms with Gasteiger partial charge in [0, 0.05) is 42.3 Å². The quantitative estimate of drug-likeness (QED) is 0.474. The van der Waals surface area contributed by atoms with E-state index in [0.29, 0.717) is 40.5 Å². The van der Waals surface area contributed by atoms with E-state index in [0.717, 1.165) is 30.7 Å². The fraction of sp³-hybridized carbons (Fsp3) is 0.318. The summed E-state index contributed by atoms with van der Waals surface area (Å²) in [4.78, 5) is 26.7. The average Bonchev–Trinajstić information content (AvgIpc) is 3.44. The summed E-state index contributed by atoms with van der Waals surface area (Å²) >= 11 is 6.08. The van der Waals surface area contributed by atoms with Gasteiger partial charge in [-0.25, -0.2) is 9.67 Å². The van der Waals surface area contributed by atoms with Crippen molar-refractivity contribution >= 4 is 34.6 Å². The van der Waals surface area contributed by atoms with Gasteiger partial charge in [-0.1, -0.05) is 16.8 Å². The van der Waals surface area contributed by atoms with Crippen LogP contribution >= 0.6 is 11.6 Å². The molecule has 0 unspecified atom stereocenters. The van der Waals surface area contributed by atoms with Gasteiger partial charge < -0.3 is 14.2 Å². The first-order chi connectivity index (χ1) is 15.6. The second-order valence-corrected chi connectivity index (χ2v) is 8.74. The number of aromatic nitrogens is 5. The van der Waals surface area contributed by atoms with Crippen molar-refractivity contribution in [3.8, 4) is 5.82 Å². The number of carbonyl (C=O) groups excluding carboxylic acids is 1. The van der Waals surface area contributed by atoms with Crippen molar-refractivity contribution in [3.05, 3.63) is 59.0 Å². The highest BCUT2D eigenvalue weighted by atomic mass is 35.5. The van der Waals surface area contributed by atoms with Gasteiger partial charge in [0.15, 0.2) is 11.4 Å². The lowest BCUT2D eigenvalue weighted by molar-refractivity contribution is 0.00723. The normalized spacial score (nSPS) is 20.3. The molecule has 5 heterocycles. The average molecular weight is 450 g/mol. The number of anilines is 1. The third kappa shape index (κ3) is 3.12. The molecule has 0 spiro atoms. The first kappa shape index (κ1) is 19.2. The maximum absolute atomic E-state index is 13.5. The molecule has 162 valence electrons. The number of amides is 1. The second-order valence-electron chi connectivity index (χ2n) is 8.30. The molecule has 4 aromatic rings. The van der Waals surface area contributed by atoms with E-state index < -0.39 is 0 Å². The zero-order valence-electron chi connectivity index (χ0n) is 17.3. The van der Waals surface area contributed by atoms with Gasteiger partial charge in [0.1, 0.15) is 5.52 Å². The molecular formula is C22H20ClN7O2. The molecule has 6 rings (SSSR count). The fourth-order valence-corrected chi connectivity index (χ4v) is 4.75. The molecule has 2 fully saturated rings. The molecule has 2 aliphatic rings. The molecule has 1 aromatic carbocycles. The summed E-state index contributed by atoms with van der Waals surface area (Å²) in [5, 5.41) is 8.50. The Bertz CT molecular complexity index is 1320. The number of benzene rings is 1. The van der Waals surface area contributed by atoms with Crippen molar-refractivity contribution < 1.29 is 9.21 Å². The summed E-state index contributed by atoms with van der Waals surface area (Å²) in [5.41, 5.74) is 2.78. The van der Waals surface area contributed by atoms with Crippen LogP contribution in [-0.4, -0.2) is 61.4 Å². The molecule has 3 aromatic heterocycles. The SMILES string of the molecule is Cc1ccc(C(=O)N2C[C@H]3CCN(c4nc5ccc(Cl)cc5o4)C[C@H]32)c(-n2ccnn2)n1. The number of hydrogen-bond acceptors (Lipinski definition) is 7. The number of likely N-dealkylation sites (tertiary alicyclic amines) is 1. The van der Waals surface area contributed by atoms with Crippen molar-refractivity contribution in [1.29, 1.82) is 0 Å². The van der Waals surface area contributed by atoms with Crippen LogP contribution in [0.4, 0.5) is 6.01 Å². The van der Waals surface area contributed by atoms with Crippen LogP contribution in [0, 0.1) is 12.8 Å². The second kappa shape index (κ2) is 7.30. The summed E-state index contributed by atoms with van der Waals surface area (Å²) in [6.07, 6.45) is 4.25. The van der Waals surface area contributed by atoms with Crippen LogP contribution in [0.15, 0.2) is 47.1 Å². The number of oxazole rings is 1. The number of piperidine rings is 1. The number of rotatable bonds is 3. The molecular weight excluding hydrogens is 430 g/mol. The standard InChI is InChI=1S/C22H20ClN7O2/c1-13-2-4-16(20(25-13)30-9-7-24-27-30)21(31)29-11-14-6-8-28(12-18(14)29)22-26-17-5-3-15(23)10-19(17)32-22/h2-5,7,9-10,14,18H,6,8,11-12H2,1H3/t14-,18-/m1/s1. The maximum Gasteiger partial charge on any atom is 0.298 e. The Labute approximate surface area is 188 Å². The molecule has 2 atom stereocenters. The minimum absolute atomic E-state index is 0.0459. The van der Waals surface area contributed by atoms with E-state index in [9.17, 15) is 4.79 Å². The van der Waals surface area contributed by atoms with Gasteiger partial charge in [-0.2, -0.15) is 4.98 Å². The van der Waals surface area contributed by atoms with Crippen LogP contribution in [0.5, 0.6) is 0 Å². The Kier molecular flexibility index (Phi) is 4.39. The van der Waals surface area contributed by atoms with Gasteiger partial charge in [-0.3, -0.25) is 4.79 Å². The minimum atomic E-state index is -0.0459. The number of carbonyl (C=O) groups is 1. The Morgan fingerprint density at radius 3 is 2.94 bits per heavy atom. The van der Waals surface area contributed by atoms with Crippen LogP contribution in [0.1, 0.15) is 22.5 Å². The van der Waals surface area contributed by atoms with Crippen LogP contribution in [0.25, 0.3) is 16.9 Å². The van der Waals surface area contributed by atoms with Crippen molar-refractivity contribution in [3.63, 3.8) is 0 Å². The van der Waals surface area contributed by atoms with Crippen molar-refractivity contribution in [2.75, 3.05) is 24.5 Å². The van der Waals surface area contributed by atoms with Crippen LogP contribution in [-0.2, 0) is 0 Å². The predicted molar refractivity (Wildman–Crippen MR) is 118 cm³/mol. The first-order valence-electron chi connectivity index (χ1n) is 10.5. The monoisotopic (exact) mass is 449 g/mol. The number of aryl methyl sites for hydroxylation is 1. The van der Waals surface area contributed by atoms with Crippen LogP contribution in [0.3, 0.4) is 0 Å². The molecule has 1 amide bonds. The molecule has 9 nitrogen and oxygen atoms in total. The lowest BCUT2D eigenvalue weighted by Crippen LogP contribution is -2.65. The van der Waals surface area contributed by atoms with E-state index in [1.54, 1.807) is 24.5 Å². The van der Waals surface area contributed by atoms with Crippen molar-refractivity contribution in [2.45, 2.75) is 19.4 Å². The van der Waals surface area contributed by atoms with Gasteiger partial charge in [0.2, 0.25) is 0 Å². The summed E-state index contributed by atoms with van der Waals surface area (Å²) in [7, 11) is 0. The van der Waals surface area contributed by atoms with Gasteiger partial charge in [-0.05, 0) is 37.6 Å². The lowest BCUT2D eigenvalue weighted by Gasteiger charge is -2.53. The molecule has 0 saturated carbocycles. The zero-order valence-corrected chi connectivity index (χ0v) is 18.1. The Morgan fingerprint density at radius 1 is 1.19 bits per heavy atom. The molecule has 2 aliphatic heterocycles. The van der Waals surface area contributed by atoms with Crippen molar-refractivity contribution in [2.24, 2.45) is 5.92 Å². The molecule has 0 N–H and O–H groups in total. The van der Waals surface area contributed by atoms with Gasteiger partial charge in [0.25, 0.3) is 11.9 Å². The number of pyridine rings is 1. The Balaban J connectivity index is 1.26. The van der Waals surface area contributed by atoms with Gasteiger partial charge in [0.05, 0.1) is 24.0 Å².